The summed E-state index contributed by atoms with van der Waals surface area (Å²) < 4.78 is 0. The van der Waals surface area contributed by atoms with E-state index in [0.717, 1.165) is 31.5 Å². The van der Waals surface area contributed by atoms with Crippen molar-refractivity contribution in [1.29, 1.82) is 0 Å². The van der Waals surface area contributed by atoms with Crippen LogP contribution in [0.3, 0.4) is 0 Å². The highest BCUT2D eigenvalue weighted by Crippen LogP contribution is 2.16. The first-order chi connectivity index (χ1) is 9.48. The fourth-order valence-electron chi connectivity index (χ4n) is 2.10. The molecule has 2 N–H and O–H groups in total. The van der Waals surface area contributed by atoms with E-state index in [9.17, 15) is 4.79 Å². The minimum Gasteiger partial charge on any atom is -0.342 e. The van der Waals surface area contributed by atoms with Crippen molar-refractivity contribution in [3.8, 4) is 0 Å². The molecular weight excluding hydrogens is 250 g/mol. The number of pyridine rings is 1. The number of nitrogens with zero attached hydrogens (tertiary/aromatic N) is 2. The van der Waals surface area contributed by atoms with Gasteiger partial charge in [0, 0.05) is 31.9 Å². The molecule has 0 aliphatic carbocycles. The molecule has 1 rings (SSSR count). The number of amides is 1. The number of hydrogen-bond acceptors (Lipinski definition) is 3. The fraction of sp³-hybridized carbons (Fsp3) is 0.625. The molecule has 0 aliphatic heterocycles. The number of nitrogens with two attached hydrogens (primary N) is 1. The molecule has 0 saturated carbocycles. The first-order valence-electron chi connectivity index (χ1n) is 7.35. The molecule has 0 radical (unpaired) electrons. The predicted octanol–water partition coefficient (Wildman–Crippen LogP) is 2.24. The molecular formula is C16H27N3O. The van der Waals surface area contributed by atoms with Gasteiger partial charge in [-0.15, -0.1) is 0 Å². The molecule has 0 atom stereocenters. The van der Waals surface area contributed by atoms with E-state index < -0.39 is 0 Å². The smallest absolute Gasteiger partial charge is 0.222 e. The number of aromatic nitrogens is 1. The Morgan fingerprint density at radius 3 is 2.55 bits per heavy atom. The number of carbonyl (C=O) groups excluding carboxylic acids is 1. The Morgan fingerprint density at radius 2 is 2.00 bits per heavy atom. The molecule has 4 heteroatoms. The van der Waals surface area contributed by atoms with E-state index in [2.05, 4.69) is 25.8 Å². The summed E-state index contributed by atoms with van der Waals surface area (Å²) in [5, 5.41) is 0. The van der Waals surface area contributed by atoms with Gasteiger partial charge in [0.1, 0.15) is 0 Å². The van der Waals surface area contributed by atoms with Gasteiger partial charge in [-0.2, -0.15) is 0 Å². The van der Waals surface area contributed by atoms with Crippen molar-refractivity contribution in [2.45, 2.75) is 40.0 Å². The number of carbonyl (C=O) groups is 1. The lowest BCUT2D eigenvalue weighted by Crippen LogP contribution is -2.42. The lowest BCUT2D eigenvalue weighted by Gasteiger charge is -2.31. The third-order valence-corrected chi connectivity index (χ3v) is 3.39. The predicted molar refractivity (Wildman–Crippen MR) is 82.3 cm³/mol. The monoisotopic (exact) mass is 277 g/mol. The fourth-order valence-corrected chi connectivity index (χ4v) is 2.10. The first kappa shape index (κ1) is 16.6. The molecule has 0 unspecified atom stereocenters. The van der Waals surface area contributed by atoms with Crippen molar-refractivity contribution in [1.82, 2.24) is 9.88 Å². The van der Waals surface area contributed by atoms with Gasteiger partial charge in [0.2, 0.25) is 5.91 Å². The van der Waals surface area contributed by atoms with E-state index in [0.29, 0.717) is 13.0 Å². The van der Waals surface area contributed by atoms with Crippen LogP contribution >= 0.6 is 0 Å². The maximum atomic E-state index is 12.4. The van der Waals surface area contributed by atoms with Crippen molar-refractivity contribution in [3.63, 3.8) is 0 Å². The van der Waals surface area contributed by atoms with Crippen LogP contribution in [-0.2, 0) is 11.2 Å². The number of rotatable bonds is 8. The minimum atomic E-state index is -0.0263. The van der Waals surface area contributed by atoms with Gasteiger partial charge in [-0.1, -0.05) is 20.8 Å². The first-order valence-corrected chi connectivity index (χ1v) is 7.35. The van der Waals surface area contributed by atoms with Crippen LogP contribution in [0.2, 0.25) is 0 Å². The largest absolute Gasteiger partial charge is 0.342 e. The average Bonchev–Trinajstić information content (AvgIpc) is 2.45. The molecule has 20 heavy (non-hydrogen) atoms. The SMILES string of the molecule is CCCN(CC(C)(C)CN)C(=O)CCc1ccncc1. The van der Waals surface area contributed by atoms with Crippen LogP contribution in [0.4, 0.5) is 0 Å². The molecule has 0 bridgehead atoms. The van der Waals surface area contributed by atoms with Gasteiger partial charge in [0.05, 0.1) is 0 Å². The van der Waals surface area contributed by atoms with Gasteiger partial charge < -0.3 is 10.6 Å². The maximum absolute atomic E-state index is 12.4. The van der Waals surface area contributed by atoms with E-state index in [1.54, 1.807) is 12.4 Å². The Kier molecular flexibility index (Phi) is 6.65. The van der Waals surface area contributed by atoms with Gasteiger partial charge in [0.25, 0.3) is 0 Å². The second-order valence-electron chi connectivity index (χ2n) is 6.04. The highest BCUT2D eigenvalue weighted by molar-refractivity contribution is 5.76. The Hall–Kier alpha value is -1.42. The summed E-state index contributed by atoms with van der Waals surface area (Å²) in [5.41, 5.74) is 6.90. The molecule has 1 aromatic heterocycles. The van der Waals surface area contributed by atoms with Crippen molar-refractivity contribution in [3.05, 3.63) is 30.1 Å². The molecule has 4 nitrogen and oxygen atoms in total. The highest BCUT2D eigenvalue weighted by Gasteiger charge is 2.22. The zero-order chi connectivity index (χ0) is 15.0. The summed E-state index contributed by atoms with van der Waals surface area (Å²) in [4.78, 5) is 18.3. The average molecular weight is 277 g/mol. The summed E-state index contributed by atoms with van der Waals surface area (Å²) in [7, 11) is 0. The van der Waals surface area contributed by atoms with Crippen LogP contribution in [-0.4, -0.2) is 35.4 Å². The third-order valence-electron chi connectivity index (χ3n) is 3.39. The number of hydrogen-bond donors (Lipinski definition) is 1. The Balaban J connectivity index is 2.56. The summed E-state index contributed by atoms with van der Waals surface area (Å²) in [5.74, 6) is 0.213. The van der Waals surface area contributed by atoms with Crippen LogP contribution in [0, 0.1) is 5.41 Å². The Morgan fingerprint density at radius 1 is 1.35 bits per heavy atom. The maximum Gasteiger partial charge on any atom is 0.222 e. The van der Waals surface area contributed by atoms with Crippen LogP contribution in [0.5, 0.6) is 0 Å². The van der Waals surface area contributed by atoms with Gasteiger partial charge in [-0.05, 0) is 42.5 Å². The second kappa shape index (κ2) is 8.00. The second-order valence-corrected chi connectivity index (χ2v) is 6.04. The lowest BCUT2D eigenvalue weighted by atomic mass is 9.92. The quantitative estimate of drug-likeness (QED) is 0.792. The molecule has 0 aliphatic rings. The van der Waals surface area contributed by atoms with Crippen molar-refractivity contribution in [2.24, 2.45) is 11.1 Å². The van der Waals surface area contributed by atoms with E-state index >= 15 is 0 Å². The van der Waals surface area contributed by atoms with Gasteiger partial charge in [-0.25, -0.2) is 0 Å². The summed E-state index contributed by atoms with van der Waals surface area (Å²) >= 11 is 0. The molecule has 1 amide bonds. The molecule has 0 aromatic carbocycles. The molecule has 1 aromatic rings. The topological polar surface area (TPSA) is 59.2 Å². The van der Waals surface area contributed by atoms with Gasteiger partial charge in [0.15, 0.2) is 0 Å². The van der Waals surface area contributed by atoms with Crippen molar-refractivity contribution >= 4 is 5.91 Å². The normalized spacial score (nSPS) is 11.4. The van der Waals surface area contributed by atoms with E-state index in [4.69, 9.17) is 5.73 Å². The van der Waals surface area contributed by atoms with Gasteiger partial charge in [-0.3, -0.25) is 9.78 Å². The third kappa shape index (κ3) is 5.70. The van der Waals surface area contributed by atoms with Gasteiger partial charge >= 0.3 is 0 Å². The Labute approximate surface area is 122 Å². The molecule has 1 heterocycles. The van der Waals surface area contributed by atoms with E-state index in [1.165, 1.54) is 0 Å². The minimum absolute atomic E-state index is 0.0263. The number of aryl methyl sites for hydroxylation is 1. The van der Waals surface area contributed by atoms with Crippen LogP contribution in [0.1, 0.15) is 39.2 Å². The summed E-state index contributed by atoms with van der Waals surface area (Å²) in [6, 6.07) is 3.92. The molecule has 0 saturated heterocycles. The van der Waals surface area contributed by atoms with E-state index in [-0.39, 0.29) is 11.3 Å². The van der Waals surface area contributed by atoms with Crippen molar-refractivity contribution < 1.29 is 4.79 Å². The lowest BCUT2D eigenvalue weighted by molar-refractivity contribution is -0.132. The summed E-state index contributed by atoms with van der Waals surface area (Å²) in [6.07, 6.45) is 5.82. The van der Waals surface area contributed by atoms with Crippen molar-refractivity contribution in [2.75, 3.05) is 19.6 Å². The summed E-state index contributed by atoms with van der Waals surface area (Å²) in [6.45, 7) is 8.42. The van der Waals surface area contributed by atoms with Crippen LogP contribution < -0.4 is 5.73 Å². The van der Waals surface area contributed by atoms with Crippen LogP contribution in [0.15, 0.2) is 24.5 Å². The zero-order valence-corrected chi connectivity index (χ0v) is 12.9. The van der Waals surface area contributed by atoms with E-state index in [1.807, 2.05) is 17.0 Å². The molecule has 0 spiro atoms. The standard InChI is InChI=1S/C16H27N3O/c1-4-11-19(13-16(2,3)12-17)15(20)6-5-14-7-9-18-10-8-14/h7-10H,4-6,11-13,17H2,1-3H3. The Bertz CT molecular complexity index is 403. The zero-order valence-electron chi connectivity index (χ0n) is 12.9. The molecule has 0 fully saturated rings. The van der Waals surface area contributed by atoms with Crippen LogP contribution in [0.25, 0.3) is 0 Å². The highest BCUT2D eigenvalue weighted by atomic mass is 16.2. The molecule has 112 valence electrons.